The molecule has 1 heterocycles. The van der Waals surface area contributed by atoms with Crippen molar-refractivity contribution < 1.29 is 4.79 Å². The van der Waals surface area contributed by atoms with Crippen LogP contribution in [0.1, 0.15) is 32.6 Å². The molecule has 0 bridgehead atoms. The lowest BCUT2D eigenvalue weighted by Crippen LogP contribution is -2.44. The molecule has 0 aromatic heterocycles. The lowest BCUT2D eigenvalue weighted by Gasteiger charge is -2.32. The van der Waals surface area contributed by atoms with Crippen LogP contribution in [-0.4, -0.2) is 61.5 Å². The third-order valence-electron chi connectivity index (χ3n) is 4.24. The Morgan fingerprint density at radius 2 is 1.89 bits per heavy atom. The molecule has 1 aliphatic carbocycles. The van der Waals surface area contributed by atoms with Gasteiger partial charge in [0.15, 0.2) is 0 Å². The van der Waals surface area contributed by atoms with Gasteiger partial charge in [-0.2, -0.15) is 0 Å². The quantitative estimate of drug-likeness (QED) is 0.802. The number of piperidine rings is 1. The van der Waals surface area contributed by atoms with Gasteiger partial charge in [-0.25, -0.2) is 0 Å². The van der Waals surface area contributed by atoms with Crippen molar-refractivity contribution in [2.24, 2.45) is 5.92 Å². The number of halogens is 1. The van der Waals surface area contributed by atoms with E-state index in [1.807, 2.05) is 11.9 Å². The molecule has 1 amide bonds. The zero-order chi connectivity index (χ0) is 13.0. The molecular formula is C14H28ClN3O. The minimum Gasteiger partial charge on any atom is -0.342 e. The Morgan fingerprint density at radius 1 is 1.26 bits per heavy atom. The van der Waals surface area contributed by atoms with E-state index in [0.717, 1.165) is 32.1 Å². The van der Waals surface area contributed by atoms with Crippen molar-refractivity contribution in [2.75, 3.05) is 39.8 Å². The van der Waals surface area contributed by atoms with Crippen molar-refractivity contribution in [1.82, 2.24) is 15.1 Å². The molecule has 0 spiro atoms. The maximum absolute atomic E-state index is 12.0. The average molecular weight is 290 g/mol. The van der Waals surface area contributed by atoms with Crippen molar-refractivity contribution >= 4 is 18.3 Å². The molecule has 5 heteroatoms. The monoisotopic (exact) mass is 289 g/mol. The highest BCUT2D eigenvalue weighted by Gasteiger charge is 2.30. The third kappa shape index (κ3) is 5.28. The van der Waals surface area contributed by atoms with E-state index in [0.29, 0.717) is 18.5 Å². The third-order valence-corrected chi connectivity index (χ3v) is 4.24. The number of hydrogen-bond acceptors (Lipinski definition) is 3. The molecule has 2 aliphatic rings. The predicted molar refractivity (Wildman–Crippen MR) is 80.7 cm³/mol. The van der Waals surface area contributed by atoms with Crippen LogP contribution in [0.3, 0.4) is 0 Å². The summed E-state index contributed by atoms with van der Waals surface area (Å²) >= 11 is 0. The minimum absolute atomic E-state index is 0. The molecule has 4 nitrogen and oxygen atoms in total. The van der Waals surface area contributed by atoms with Gasteiger partial charge in [0.05, 0.1) is 6.54 Å². The Labute approximate surface area is 123 Å². The number of likely N-dealkylation sites (tertiary alicyclic amines) is 1. The smallest absolute Gasteiger partial charge is 0.236 e. The summed E-state index contributed by atoms with van der Waals surface area (Å²) in [7, 11) is 1.96. The number of nitrogens with zero attached hydrogens (tertiary/aromatic N) is 2. The molecule has 2 fully saturated rings. The summed E-state index contributed by atoms with van der Waals surface area (Å²) in [6.45, 7) is 7.15. The average Bonchev–Trinajstić information content (AvgIpc) is 3.21. The van der Waals surface area contributed by atoms with E-state index >= 15 is 0 Å². The van der Waals surface area contributed by atoms with Crippen LogP contribution in [0.5, 0.6) is 0 Å². The molecule has 0 aromatic carbocycles. The van der Waals surface area contributed by atoms with Gasteiger partial charge in [-0.3, -0.25) is 9.69 Å². The molecule has 2 rings (SSSR count). The molecule has 0 unspecified atom stereocenters. The van der Waals surface area contributed by atoms with Crippen LogP contribution in [0.2, 0.25) is 0 Å². The first kappa shape index (κ1) is 16.7. The summed E-state index contributed by atoms with van der Waals surface area (Å²) in [5.74, 6) is 1.11. The van der Waals surface area contributed by atoms with E-state index in [-0.39, 0.29) is 12.4 Å². The van der Waals surface area contributed by atoms with E-state index in [1.165, 1.54) is 25.7 Å². The Kier molecular flexibility index (Phi) is 7.11. The van der Waals surface area contributed by atoms with Gasteiger partial charge in [0.25, 0.3) is 0 Å². The lowest BCUT2D eigenvalue weighted by atomic mass is 9.97. The Morgan fingerprint density at radius 3 is 2.42 bits per heavy atom. The first-order valence-corrected chi connectivity index (χ1v) is 7.39. The van der Waals surface area contributed by atoms with Crippen LogP contribution in [0, 0.1) is 5.92 Å². The zero-order valence-electron chi connectivity index (χ0n) is 12.2. The van der Waals surface area contributed by atoms with Crippen LogP contribution >= 0.6 is 12.4 Å². The van der Waals surface area contributed by atoms with Gasteiger partial charge in [-0.15, -0.1) is 12.4 Å². The first-order valence-electron chi connectivity index (χ1n) is 7.39. The summed E-state index contributed by atoms with van der Waals surface area (Å²) in [5, 5.41) is 3.42. The maximum atomic E-state index is 12.0. The second-order valence-electron chi connectivity index (χ2n) is 5.76. The summed E-state index contributed by atoms with van der Waals surface area (Å²) in [6, 6.07) is 0.545. The van der Waals surface area contributed by atoms with Crippen LogP contribution in [0.4, 0.5) is 0 Å². The summed E-state index contributed by atoms with van der Waals surface area (Å²) in [4.78, 5) is 16.3. The number of likely N-dealkylation sites (N-methyl/N-ethyl adjacent to an activating group) is 1. The van der Waals surface area contributed by atoms with E-state index in [1.54, 1.807) is 0 Å². The standard InChI is InChI=1S/C14H27N3O.ClH/c1-3-15-10-12-6-8-17(9-7-12)11-14(18)16(2)13-4-5-13;/h12-13,15H,3-11H2,1-2H3;1H. The Hall–Kier alpha value is -0.320. The van der Waals surface area contributed by atoms with Crippen molar-refractivity contribution in [1.29, 1.82) is 0 Å². The molecule has 0 atom stereocenters. The van der Waals surface area contributed by atoms with E-state index < -0.39 is 0 Å². The molecule has 19 heavy (non-hydrogen) atoms. The predicted octanol–water partition coefficient (Wildman–Crippen LogP) is 1.35. The van der Waals surface area contributed by atoms with Gasteiger partial charge < -0.3 is 10.2 Å². The zero-order valence-corrected chi connectivity index (χ0v) is 13.0. The van der Waals surface area contributed by atoms with Gasteiger partial charge in [0.2, 0.25) is 5.91 Å². The molecule has 112 valence electrons. The van der Waals surface area contributed by atoms with Gasteiger partial charge in [0, 0.05) is 13.1 Å². The number of amides is 1. The lowest BCUT2D eigenvalue weighted by molar-refractivity contribution is -0.131. The molecule has 1 saturated carbocycles. The Balaban J connectivity index is 0.00000180. The van der Waals surface area contributed by atoms with Crippen molar-refractivity contribution in [3.05, 3.63) is 0 Å². The number of carbonyl (C=O) groups is 1. The van der Waals surface area contributed by atoms with Crippen LogP contribution in [0.25, 0.3) is 0 Å². The second kappa shape index (κ2) is 8.08. The summed E-state index contributed by atoms with van der Waals surface area (Å²) < 4.78 is 0. The SMILES string of the molecule is CCNCC1CCN(CC(=O)N(C)C2CC2)CC1.Cl. The van der Waals surface area contributed by atoms with Gasteiger partial charge >= 0.3 is 0 Å². The number of carbonyl (C=O) groups excluding carboxylic acids is 1. The van der Waals surface area contributed by atoms with E-state index in [9.17, 15) is 4.79 Å². The fourth-order valence-electron chi connectivity index (χ4n) is 2.67. The summed E-state index contributed by atoms with van der Waals surface area (Å²) in [5.41, 5.74) is 0. The highest BCUT2D eigenvalue weighted by Crippen LogP contribution is 2.25. The fraction of sp³-hybridized carbons (Fsp3) is 0.929. The molecule has 1 N–H and O–H groups in total. The van der Waals surface area contributed by atoms with E-state index in [2.05, 4.69) is 17.1 Å². The van der Waals surface area contributed by atoms with Crippen LogP contribution < -0.4 is 5.32 Å². The maximum Gasteiger partial charge on any atom is 0.236 e. The molecule has 1 aliphatic heterocycles. The normalized spacial score (nSPS) is 20.9. The van der Waals surface area contributed by atoms with Crippen LogP contribution in [-0.2, 0) is 4.79 Å². The van der Waals surface area contributed by atoms with Gasteiger partial charge in [-0.05, 0) is 57.8 Å². The summed E-state index contributed by atoms with van der Waals surface area (Å²) in [6.07, 6.45) is 4.86. The number of hydrogen-bond donors (Lipinski definition) is 1. The van der Waals surface area contributed by atoms with Gasteiger partial charge in [0.1, 0.15) is 0 Å². The van der Waals surface area contributed by atoms with E-state index in [4.69, 9.17) is 0 Å². The highest BCUT2D eigenvalue weighted by atomic mass is 35.5. The van der Waals surface area contributed by atoms with Crippen LogP contribution in [0.15, 0.2) is 0 Å². The minimum atomic E-state index is 0. The fourth-order valence-corrected chi connectivity index (χ4v) is 2.67. The number of nitrogens with one attached hydrogen (secondary N) is 1. The number of rotatable bonds is 6. The van der Waals surface area contributed by atoms with Crippen molar-refractivity contribution in [3.63, 3.8) is 0 Å². The molecular weight excluding hydrogens is 262 g/mol. The molecule has 1 saturated heterocycles. The van der Waals surface area contributed by atoms with Crippen molar-refractivity contribution in [2.45, 2.75) is 38.6 Å². The largest absolute Gasteiger partial charge is 0.342 e. The second-order valence-corrected chi connectivity index (χ2v) is 5.76. The van der Waals surface area contributed by atoms with Gasteiger partial charge in [-0.1, -0.05) is 6.92 Å². The first-order chi connectivity index (χ1) is 8.70. The highest BCUT2D eigenvalue weighted by molar-refractivity contribution is 5.85. The Bertz CT molecular complexity index is 276. The van der Waals surface area contributed by atoms with Crippen molar-refractivity contribution in [3.8, 4) is 0 Å². The molecule has 0 radical (unpaired) electrons. The topological polar surface area (TPSA) is 35.6 Å². The molecule has 0 aromatic rings.